The van der Waals surface area contributed by atoms with E-state index in [1.807, 2.05) is 0 Å². The highest BCUT2D eigenvalue weighted by Crippen LogP contribution is 2.07. The Hall–Kier alpha value is -2.48. The first-order valence-corrected chi connectivity index (χ1v) is 5.59. The van der Waals surface area contributed by atoms with Crippen molar-refractivity contribution in [2.24, 2.45) is 0 Å². The highest BCUT2D eigenvalue weighted by atomic mass is 16.5. The molecular weight excluding hydrogens is 248 g/mol. The van der Waals surface area contributed by atoms with Gasteiger partial charge in [0.15, 0.2) is 0 Å². The Balaban J connectivity index is 2.00. The van der Waals surface area contributed by atoms with E-state index in [4.69, 9.17) is 10.5 Å². The smallest absolute Gasteiger partial charge is 0.276 e. The molecule has 0 aromatic carbocycles. The second-order valence-electron chi connectivity index (χ2n) is 3.77. The van der Waals surface area contributed by atoms with Gasteiger partial charge in [-0.05, 0) is 0 Å². The van der Waals surface area contributed by atoms with Gasteiger partial charge >= 0.3 is 0 Å². The van der Waals surface area contributed by atoms with Gasteiger partial charge in [-0.15, -0.1) is 0 Å². The lowest BCUT2D eigenvalue weighted by Crippen LogP contribution is -2.14. The summed E-state index contributed by atoms with van der Waals surface area (Å²) in [5.41, 5.74) is 6.20. The molecule has 3 N–H and O–H groups in total. The zero-order chi connectivity index (χ0) is 13.7. The summed E-state index contributed by atoms with van der Waals surface area (Å²) < 4.78 is 6.61. The molecule has 0 saturated heterocycles. The SMILES string of the molecule is COCCn1cc(NC(=O)c2cncc(N)n2)cn1. The number of aromatic nitrogens is 4. The van der Waals surface area contributed by atoms with Crippen LogP contribution in [0.1, 0.15) is 10.5 Å². The predicted octanol–water partition coefficient (Wildman–Crippen LogP) is 0.154. The average Bonchev–Trinajstić information content (AvgIpc) is 2.84. The van der Waals surface area contributed by atoms with Crippen molar-refractivity contribution in [2.45, 2.75) is 6.54 Å². The molecule has 19 heavy (non-hydrogen) atoms. The van der Waals surface area contributed by atoms with E-state index in [0.717, 1.165) is 0 Å². The van der Waals surface area contributed by atoms with Crippen molar-refractivity contribution in [3.63, 3.8) is 0 Å². The Bertz CT molecular complexity index is 568. The van der Waals surface area contributed by atoms with Crippen molar-refractivity contribution in [1.29, 1.82) is 0 Å². The monoisotopic (exact) mass is 262 g/mol. The quantitative estimate of drug-likeness (QED) is 0.794. The summed E-state index contributed by atoms with van der Waals surface area (Å²) in [6.07, 6.45) is 5.98. The van der Waals surface area contributed by atoms with E-state index >= 15 is 0 Å². The Labute approximate surface area is 109 Å². The third kappa shape index (κ3) is 3.49. The van der Waals surface area contributed by atoms with Crippen LogP contribution in [0.2, 0.25) is 0 Å². The maximum Gasteiger partial charge on any atom is 0.276 e. The van der Waals surface area contributed by atoms with Crippen LogP contribution in [0.5, 0.6) is 0 Å². The van der Waals surface area contributed by atoms with Gasteiger partial charge in [-0.25, -0.2) is 4.98 Å². The van der Waals surface area contributed by atoms with Gasteiger partial charge in [-0.3, -0.25) is 14.5 Å². The molecule has 100 valence electrons. The molecule has 2 aromatic heterocycles. The first-order chi connectivity index (χ1) is 9.19. The molecule has 0 aliphatic carbocycles. The first-order valence-electron chi connectivity index (χ1n) is 5.59. The number of amides is 1. The van der Waals surface area contributed by atoms with Crippen LogP contribution in [0, 0.1) is 0 Å². The minimum Gasteiger partial charge on any atom is -0.383 e. The van der Waals surface area contributed by atoms with E-state index < -0.39 is 0 Å². The molecule has 2 rings (SSSR count). The first kappa shape index (κ1) is 13.0. The second-order valence-corrected chi connectivity index (χ2v) is 3.77. The minimum absolute atomic E-state index is 0.157. The Kier molecular flexibility index (Phi) is 4.04. The number of nitrogens with two attached hydrogens (primary N) is 1. The predicted molar refractivity (Wildman–Crippen MR) is 68.5 cm³/mol. The molecule has 0 saturated carbocycles. The summed E-state index contributed by atoms with van der Waals surface area (Å²) in [4.78, 5) is 19.5. The van der Waals surface area contributed by atoms with Crippen LogP contribution in [0.3, 0.4) is 0 Å². The molecule has 8 nitrogen and oxygen atoms in total. The van der Waals surface area contributed by atoms with E-state index in [9.17, 15) is 4.79 Å². The summed E-state index contributed by atoms with van der Waals surface area (Å²) in [6.45, 7) is 1.17. The standard InChI is InChI=1S/C11H14N6O2/c1-19-3-2-17-7-8(4-14-17)15-11(18)9-5-13-6-10(12)16-9/h4-7H,2-3H2,1H3,(H2,12,16)(H,15,18). The average molecular weight is 262 g/mol. The highest BCUT2D eigenvalue weighted by molar-refractivity contribution is 6.02. The topological polar surface area (TPSA) is 108 Å². The summed E-state index contributed by atoms with van der Waals surface area (Å²) in [5.74, 6) is -0.186. The summed E-state index contributed by atoms with van der Waals surface area (Å²) in [6, 6.07) is 0. The zero-order valence-electron chi connectivity index (χ0n) is 10.4. The van der Waals surface area contributed by atoms with E-state index in [2.05, 4.69) is 20.4 Å². The van der Waals surface area contributed by atoms with E-state index in [1.165, 1.54) is 12.4 Å². The maximum absolute atomic E-state index is 11.9. The number of hydrogen-bond donors (Lipinski definition) is 2. The van der Waals surface area contributed by atoms with Crippen LogP contribution >= 0.6 is 0 Å². The number of rotatable bonds is 5. The third-order valence-corrected chi connectivity index (χ3v) is 2.30. The van der Waals surface area contributed by atoms with Crippen LogP contribution in [0.15, 0.2) is 24.8 Å². The minimum atomic E-state index is -0.383. The number of nitrogens with zero attached hydrogens (tertiary/aromatic N) is 4. The number of nitrogens with one attached hydrogen (secondary N) is 1. The highest BCUT2D eigenvalue weighted by Gasteiger charge is 2.09. The van der Waals surface area contributed by atoms with Crippen molar-refractivity contribution >= 4 is 17.4 Å². The molecule has 0 atom stereocenters. The van der Waals surface area contributed by atoms with Crippen molar-refractivity contribution in [1.82, 2.24) is 19.7 Å². The van der Waals surface area contributed by atoms with Crippen LogP contribution in [-0.2, 0) is 11.3 Å². The molecule has 0 bridgehead atoms. The number of hydrogen-bond acceptors (Lipinski definition) is 6. The molecule has 0 aliphatic rings. The van der Waals surface area contributed by atoms with Gasteiger partial charge in [0.2, 0.25) is 0 Å². The summed E-state index contributed by atoms with van der Waals surface area (Å²) >= 11 is 0. The summed E-state index contributed by atoms with van der Waals surface area (Å²) in [7, 11) is 1.62. The Morgan fingerprint density at radius 3 is 3.05 bits per heavy atom. The Morgan fingerprint density at radius 1 is 1.47 bits per heavy atom. The fraction of sp³-hybridized carbons (Fsp3) is 0.273. The number of nitrogen functional groups attached to an aromatic ring is 1. The van der Waals surface area contributed by atoms with Crippen LogP contribution in [0.25, 0.3) is 0 Å². The zero-order valence-corrected chi connectivity index (χ0v) is 10.4. The van der Waals surface area contributed by atoms with Crippen molar-refractivity contribution in [3.8, 4) is 0 Å². The molecule has 2 heterocycles. The van der Waals surface area contributed by atoms with Crippen LogP contribution in [0.4, 0.5) is 11.5 Å². The molecule has 0 radical (unpaired) electrons. The molecule has 0 unspecified atom stereocenters. The largest absolute Gasteiger partial charge is 0.383 e. The number of anilines is 2. The molecule has 1 amide bonds. The molecule has 0 aliphatic heterocycles. The number of methoxy groups -OCH3 is 1. The fourth-order valence-electron chi connectivity index (χ4n) is 1.42. The van der Waals surface area contributed by atoms with Gasteiger partial charge in [0.05, 0.1) is 37.4 Å². The van der Waals surface area contributed by atoms with Gasteiger partial charge < -0.3 is 15.8 Å². The lowest BCUT2D eigenvalue weighted by molar-refractivity contribution is 0.102. The van der Waals surface area contributed by atoms with Gasteiger partial charge in [0.1, 0.15) is 11.5 Å². The molecule has 0 spiro atoms. The summed E-state index contributed by atoms with van der Waals surface area (Å²) in [5, 5.41) is 6.74. The lowest BCUT2D eigenvalue weighted by Gasteiger charge is -2.02. The van der Waals surface area contributed by atoms with Gasteiger partial charge in [-0.1, -0.05) is 0 Å². The van der Waals surface area contributed by atoms with E-state index in [0.29, 0.717) is 18.8 Å². The van der Waals surface area contributed by atoms with Gasteiger partial charge in [0, 0.05) is 13.3 Å². The number of carbonyl (C=O) groups excluding carboxylic acids is 1. The van der Waals surface area contributed by atoms with Crippen LogP contribution in [-0.4, -0.2) is 39.4 Å². The van der Waals surface area contributed by atoms with E-state index in [1.54, 1.807) is 24.2 Å². The molecule has 2 aromatic rings. The second kappa shape index (κ2) is 5.91. The fourth-order valence-corrected chi connectivity index (χ4v) is 1.42. The number of ether oxygens (including phenoxy) is 1. The lowest BCUT2D eigenvalue weighted by atomic mass is 10.4. The number of carbonyl (C=O) groups is 1. The van der Waals surface area contributed by atoms with Gasteiger partial charge in [0.25, 0.3) is 5.91 Å². The van der Waals surface area contributed by atoms with Crippen LogP contribution < -0.4 is 11.1 Å². The third-order valence-electron chi connectivity index (χ3n) is 2.30. The normalized spacial score (nSPS) is 10.4. The van der Waals surface area contributed by atoms with Crippen molar-refractivity contribution in [3.05, 3.63) is 30.5 Å². The van der Waals surface area contributed by atoms with Gasteiger partial charge in [-0.2, -0.15) is 5.10 Å². The Morgan fingerprint density at radius 2 is 2.32 bits per heavy atom. The van der Waals surface area contributed by atoms with Crippen molar-refractivity contribution in [2.75, 3.05) is 24.8 Å². The maximum atomic E-state index is 11.9. The van der Waals surface area contributed by atoms with Crippen molar-refractivity contribution < 1.29 is 9.53 Å². The van der Waals surface area contributed by atoms with E-state index in [-0.39, 0.29) is 17.4 Å². The molecular formula is C11H14N6O2. The molecule has 8 heteroatoms. The molecule has 0 fully saturated rings.